The summed E-state index contributed by atoms with van der Waals surface area (Å²) in [7, 11) is 0. The van der Waals surface area contributed by atoms with E-state index in [0.29, 0.717) is 25.9 Å². The summed E-state index contributed by atoms with van der Waals surface area (Å²) >= 11 is 0. The Bertz CT molecular complexity index is 1060. The standard InChI is InChI=1S/C32H48O6/c1-9-38-26(29(4,5)37)14-13-20(2)11-10-12-21(3)27-22(33)19-24-30(6)18-16-25(34)32(8,28(35)36)23(30)15-17-31(24,27)7/h10-14,23-26,34,37H,9,15-19H2,1-8H3,(H,35,36)/b12-10+,14-13+,20-11+,27-21?/t23-,24+,25-,26+,30+,31+,32-/m1/s1. The molecule has 0 aliphatic heterocycles. The van der Waals surface area contributed by atoms with Crippen LogP contribution >= 0.6 is 0 Å². The number of aliphatic hydroxyl groups is 2. The van der Waals surface area contributed by atoms with E-state index in [0.717, 1.165) is 29.6 Å². The molecule has 3 saturated carbocycles. The van der Waals surface area contributed by atoms with Gasteiger partial charge in [-0.25, -0.2) is 0 Å². The molecule has 6 nitrogen and oxygen atoms in total. The summed E-state index contributed by atoms with van der Waals surface area (Å²) in [4.78, 5) is 25.8. The molecule has 0 amide bonds. The van der Waals surface area contributed by atoms with Crippen LogP contribution in [0, 0.1) is 28.1 Å². The van der Waals surface area contributed by atoms with E-state index in [-0.39, 0.29) is 28.4 Å². The number of rotatable bonds is 8. The molecular weight excluding hydrogens is 480 g/mol. The third-order valence-electron chi connectivity index (χ3n) is 10.1. The Morgan fingerprint density at radius 2 is 1.79 bits per heavy atom. The molecule has 3 rings (SSSR count). The molecule has 6 heteroatoms. The Morgan fingerprint density at radius 3 is 2.37 bits per heavy atom. The number of hydrogen-bond donors (Lipinski definition) is 3. The Balaban J connectivity index is 1.87. The van der Waals surface area contributed by atoms with Gasteiger partial charge in [-0.3, -0.25) is 9.59 Å². The minimum Gasteiger partial charge on any atom is -0.481 e. The number of aliphatic hydroxyl groups excluding tert-OH is 1. The zero-order chi connectivity index (χ0) is 28.7. The van der Waals surface area contributed by atoms with Gasteiger partial charge in [-0.2, -0.15) is 0 Å². The van der Waals surface area contributed by atoms with E-state index in [1.54, 1.807) is 20.8 Å². The minimum atomic E-state index is -1.19. The molecule has 0 aromatic heterocycles. The van der Waals surface area contributed by atoms with Crippen LogP contribution in [0.5, 0.6) is 0 Å². The summed E-state index contributed by atoms with van der Waals surface area (Å²) in [6.07, 6.45) is 11.5. The molecule has 3 N–H and O–H groups in total. The predicted octanol–water partition coefficient (Wildman–Crippen LogP) is 5.79. The van der Waals surface area contributed by atoms with E-state index in [1.165, 1.54) is 0 Å². The number of carboxylic acids is 1. The number of carbonyl (C=O) groups excluding carboxylic acids is 1. The van der Waals surface area contributed by atoms with Crippen LogP contribution in [0.25, 0.3) is 0 Å². The molecule has 0 heterocycles. The van der Waals surface area contributed by atoms with Crippen LogP contribution < -0.4 is 0 Å². The van der Waals surface area contributed by atoms with Gasteiger partial charge in [0.2, 0.25) is 0 Å². The highest BCUT2D eigenvalue weighted by Crippen LogP contribution is 2.69. The van der Waals surface area contributed by atoms with E-state index in [9.17, 15) is 24.9 Å². The molecule has 0 spiro atoms. The number of aliphatic carboxylic acids is 1. The number of hydrogen-bond acceptors (Lipinski definition) is 5. The number of ketones is 1. The van der Waals surface area contributed by atoms with Crippen molar-refractivity contribution in [2.75, 3.05) is 6.61 Å². The van der Waals surface area contributed by atoms with E-state index in [2.05, 4.69) is 13.8 Å². The lowest BCUT2D eigenvalue weighted by atomic mass is 9.43. The summed E-state index contributed by atoms with van der Waals surface area (Å²) in [5.74, 6) is -0.882. The maximum Gasteiger partial charge on any atom is 0.312 e. The van der Waals surface area contributed by atoms with Crippen LogP contribution in [0.3, 0.4) is 0 Å². The SMILES string of the molecule is CCO[C@@H](/C=C/C(C)=C/C=C/C(C)=C1C(=O)C[C@H]2[C@@]3(C)CC[C@@H](O)[C@](C)(C(=O)O)[C@@H]3CC[C@]12C)C(C)(C)O. The maximum absolute atomic E-state index is 13.5. The van der Waals surface area contributed by atoms with Gasteiger partial charge in [-0.1, -0.05) is 49.8 Å². The van der Waals surface area contributed by atoms with E-state index in [4.69, 9.17) is 4.74 Å². The zero-order valence-electron chi connectivity index (χ0n) is 24.5. The van der Waals surface area contributed by atoms with Crippen LogP contribution in [0.1, 0.15) is 87.5 Å². The second-order valence-corrected chi connectivity index (χ2v) is 13.1. The van der Waals surface area contributed by atoms with Gasteiger partial charge in [0.05, 0.1) is 17.1 Å². The fourth-order valence-corrected chi connectivity index (χ4v) is 7.95. The van der Waals surface area contributed by atoms with Gasteiger partial charge in [0.15, 0.2) is 5.78 Å². The number of ether oxygens (including phenoxy) is 1. The lowest BCUT2D eigenvalue weighted by molar-refractivity contribution is -0.194. The smallest absolute Gasteiger partial charge is 0.312 e. The first-order valence-corrected chi connectivity index (χ1v) is 14.1. The van der Waals surface area contributed by atoms with E-state index in [1.807, 2.05) is 51.2 Å². The van der Waals surface area contributed by atoms with Gasteiger partial charge >= 0.3 is 5.97 Å². The minimum absolute atomic E-state index is 0.0586. The molecular formula is C32H48O6. The van der Waals surface area contributed by atoms with Gasteiger partial charge in [-0.15, -0.1) is 0 Å². The van der Waals surface area contributed by atoms with Crippen LogP contribution in [-0.4, -0.2) is 51.5 Å². The second kappa shape index (κ2) is 10.9. The topological polar surface area (TPSA) is 104 Å². The fourth-order valence-electron chi connectivity index (χ4n) is 7.95. The molecule has 3 aliphatic rings. The molecule has 3 fully saturated rings. The Hall–Kier alpha value is -2.02. The zero-order valence-corrected chi connectivity index (χ0v) is 24.5. The first kappa shape index (κ1) is 30.5. The summed E-state index contributed by atoms with van der Waals surface area (Å²) in [6, 6.07) is 0. The molecule has 0 bridgehead atoms. The molecule has 3 aliphatic carbocycles. The molecule has 38 heavy (non-hydrogen) atoms. The Kier molecular flexibility index (Phi) is 8.72. The highest BCUT2D eigenvalue weighted by atomic mass is 16.5. The van der Waals surface area contributed by atoms with Crippen molar-refractivity contribution < 1.29 is 29.6 Å². The average Bonchev–Trinajstić information content (AvgIpc) is 3.09. The molecule has 0 unspecified atom stereocenters. The third kappa shape index (κ3) is 5.24. The number of Topliss-reactive ketones (excluding diaryl/α,β-unsaturated/α-hetero) is 1. The second-order valence-electron chi connectivity index (χ2n) is 13.1. The maximum atomic E-state index is 13.5. The molecule has 0 aromatic carbocycles. The van der Waals surface area contributed by atoms with Crippen molar-refractivity contribution in [2.24, 2.45) is 28.1 Å². The molecule has 212 valence electrons. The first-order valence-electron chi connectivity index (χ1n) is 14.1. The van der Waals surface area contributed by atoms with Crippen LogP contribution in [0.4, 0.5) is 0 Å². The van der Waals surface area contributed by atoms with Crippen molar-refractivity contribution >= 4 is 11.8 Å². The predicted molar refractivity (Wildman–Crippen MR) is 149 cm³/mol. The lowest BCUT2D eigenvalue weighted by Gasteiger charge is -2.61. The third-order valence-corrected chi connectivity index (χ3v) is 10.1. The van der Waals surface area contributed by atoms with Crippen molar-refractivity contribution in [2.45, 2.75) is 105 Å². The quantitative estimate of drug-likeness (QED) is 0.272. The summed E-state index contributed by atoms with van der Waals surface area (Å²) in [5.41, 5.74) is 0.0237. The highest BCUT2D eigenvalue weighted by Gasteiger charge is 2.67. The van der Waals surface area contributed by atoms with Crippen LogP contribution in [0.2, 0.25) is 0 Å². The largest absolute Gasteiger partial charge is 0.481 e. The summed E-state index contributed by atoms with van der Waals surface area (Å²) < 4.78 is 5.64. The number of carbonyl (C=O) groups is 2. The van der Waals surface area contributed by atoms with Crippen LogP contribution in [0.15, 0.2) is 47.1 Å². The molecule has 7 atom stereocenters. The number of allylic oxidation sites excluding steroid dienone is 7. The average molecular weight is 529 g/mol. The van der Waals surface area contributed by atoms with Crippen molar-refractivity contribution in [3.63, 3.8) is 0 Å². The van der Waals surface area contributed by atoms with Gasteiger partial charge in [0.25, 0.3) is 0 Å². The van der Waals surface area contributed by atoms with Gasteiger partial charge in [0.1, 0.15) is 6.10 Å². The Morgan fingerprint density at radius 1 is 1.13 bits per heavy atom. The highest BCUT2D eigenvalue weighted by molar-refractivity contribution is 6.01. The van der Waals surface area contributed by atoms with Gasteiger partial charge in [-0.05, 0) is 90.0 Å². The Labute approximate surface area is 228 Å². The number of carboxylic acid groups (broad SMARTS) is 1. The fraction of sp³-hybridized carbons (Fsp3) is 0.688. The van der Waals surface area contributed by atoms with Gasteiger partial charge in [0, 0.05) is 24.0 Å². The van der Waals surface area contributed by atoms with Crippen molar-refractivity contribution in [1.29, 1.82) is 0 Å². The van der Waals surface area contributed by atoms with Crippen LogP contribution in [-0.2, 0) is 14.3 Å². The number of fused-ring (bicyclic) bond motifs is 3. The van der Waals surface area contributed by atoms with E-state index >= 15 is 0 Å². The monoisotopic (exact) mass is 528 g/mol. The van der Waals surface area contributed by atoms with Crippen molar-refractivity contribution in [3.8, 4) is 0 Å². The van der Waals surface area contributed by atoms with E-state index < -0.39 is 29.2 Å². The first-order chi connectivity index (χ1) is 17.5. The molecule has 0 saturated heterocycles. The lowest BCUT2D eigenvalue weighted by Crippen LogP contribution is -2.61. The molecule has 0 aromatic rings. The summed E-state index contributed by atoms with van der Waals surface area (Å²) in [6.45, 7) is 15.9. The summed E-state index contributed by atoms with van der Waals surface area (Å²) in [5, 5.41) is 31.2. The van der Waals surface area contributed by atoms with Crippen molar-refractivity contribution in [3.05, 3.63) is 47.1 Å². The van der Waals surface area contributed by atoms with Gasteiger partial charge < -0.3 is 20.1 Å². The van der Waals surface area contributed by atoms with Crippen molar-refractivity contribution in [1.82, 2.24) is 0 Å². The normalized spacial score (nSPS) is 38.4. The molecule has 0 radical (unpaired) electrons.